The number of ether oxygens (including phenoxy) is 1. The summed E-state index contributed by atoms with van der Waals surface area (Å²) in [6, 6.07) is 9.27. The molecule has 0 saturated carbocycles. The number of carbonyl (C=O) groups excluding carboxylic acids is 1. The van der Waals surface area contributed by atoms with E-state index < -0.39 is 18.9 Å². The van der Waals surface area contributed by atoms with Gasteiger partial charge in [0.05, 0.1) is 29.6 Å². The Morgan fingerprint density at radius 3 is 2.46 bits per heavy atom. The van der Waals surface area contributed by atoms with Crippen molar-refractivity contribution in [1.82, 2.24) is 25.0 Å². The van der Waals surface area contributed by atoms with E-state index in [1.54, 1.807) is 32.6 Å². The molecule has 0 saturated heterocycles. The van der Waals surface area contributed by atoms with Gasteiger partial charge in [0.2, 0.25) is 0 Å². The molecule has 11 nitrogen and oxygen atoms in total. The lowest BCUT2D eigenvalue weighted by Crippen LogP contribution is -2.17. The smallest absolute Gasteiger partial charge is 0.271 e. The zero-order valence-electron chi connectivity index (χ0n) is 20.9. The first-order valence-electron chi connectivity index (χ1n) is 11.1. The number of hydrogen-bond acceptors (Lipinski definition) is 9. The third-order valence-corrected chi connectivity index (χ3v) is 6.93. The molecule has 1 amide bonds. The van der Waals surface area contributed by atoms with E-state index in [0.717, 1.165) is 5.56 Å². The van der Waals surface area contributed by atoms with E-state index in [1.165, 1.54) is 30.0 Å². The van der Waals surface area contributed by atoms with Gasteiger partial charge >= 0.3 is 0 Å². The predicted molar refractivity (Wildman–Crippen MR) is 140 cm³/mol. The van der Waals surface area contributed by atoms with Crippen LogP contribution in [0.1, 0.15) is 16.1 Å². The molecule has 37 heavy (non-hydrogen) atoms. The van der Waals surface area contributed by atoms with Gasteiger partial charge in [-0.2, -0.15) is 5.10 Å². The van der Waals surface area contributed by atoms with Gasteiger partial charge in [-0.25, -0.2) is 9.37 Å². The number of benzene rings is 1. The molecule has 4 rings (SSSR count). The molecular weight excluding hydrogens is 498 g/mol. The number of carbonyl (C=O) groups is 1. The summed E-state index contributed by atoms with van der Waals surface area (Å²) in [6.07, 6.45) is 1.64. The Balaban J connectivity index is 1.78. The van der Waals surface area contributed by atoms with E-state index in [2.05, 4.69) is 30.9 Å². The lowest BCUT2D eigenvalue weighted by molar-refractivity contribution is 0.0995. The minimum atomic E-state index is -2.64. The maximum Gasteiger partial charge on any atom is 0.271 e. The van der Waals surface area contributed by atoms with E-state index in [1.807, 2.05) is 19.1 Å². The predicted octanol–water partition coefficient (Wildman–Crippen LogP) is 3.56. The quantitative estimate of drug-likeness (QED) is 0.294. The summed E-state index contributed by atoms with van der Waals surface area (Å²) in [5.74, 6) is -0.381. The molecule has 0 spiro atoms. The number of methoxy groups -OCH3 is 1. The van der Waals surface area contributed by atoms with Crippen molar-refractivity contribution in [1.29, 1.82) is 0 Å². The first-order chi connectivity index (χ1) is 17.5. The van der Waals surface area contributed by atoms with E-state index in [4.69, 9.17) is 10.5 Å². The summed E-state index contributed by atoms with van der Waals surface area (Å²) in [6.45, 7) is 5.17. The number of aromatic nitrogens is 5. The largest absolute Gasteiger partial charge is 0.494 e. The summed E-state index contributed by atoms with van der Waals surface area (Å²) >= 11 is 0. The number of nitrogens with one attached hydrogen (secondary N) is 2. The summed E-state index contributed by atoms with van der Waals surface area (Å²) in [5.41, 5.74) is 7.92. The van der Waals surface area contributed by atoms with Gasteiger partial charge in [-0.3, -0.25) is 9.48 Å². The molecule has 192 valence electrons. The van der Waals surface area contributed by atoms with Crippen molar-refractivity contribution in [3.05, 3.63) is 59.7 Å². The second-order valence-corrected chi connectivity index (χ2v) is 11.9. The van der Waals surface area contributed by atoms with Gasteiger partial charge in [-0.15, -0.1) is 10.2 Å². The van der Waals surface area contributed by atoms with Crippen molar-refractivity contribution in [3.63, 3.8) is 0 Å². The highest BCUT2D eigenvalue weighted by molar-refractivity contribution is 7.69. The van der Waals surface area contributed by atoms with Crippen LogP contribution in [0.25, 0.3) is 11.3 Å². The van der Waals surface area contributed by atoms with Crippen LogP contribution in [0.3, 0.4) is 0 Å². The molecule has 0 unspecified atom stereocenters. The van der Waals surface area contributed by atoms with Gasteiger partial charge in [0.25, 0.3) is 5.91 Å². The minimum Gasteiger partial charge on any atom is -0.494 e. The fraction of sp³-hybridized carbons (Fsp3) is 0.208. The number of rotatable bonds is 8. The monoisotopic (exact) mass is 524 g/mol. The summed E-state index contributed by atoms with van der Waals surface area (Å²) < 4.78 is 34.6. The number of nitrogens with zero attached hydrogens (tertiary/aromatic N) is 5. The van der Waals surface area contributed by atoms with Crippen LogP contribution in [0.4, 0.5) is 27.4 Å². The molecule has 1 aromatic carbocycles. The van der Waals surface area contributed by atoms with Gasteiger partial charge in [-0.1, -0.05) is 0 Å². The average molecular weight is 524 g/mol. The molecule has 4 aromatic rings. The van der Waals surface area contributed by atoms with Crippen molar-refractivity contribution in [2.75, 3.05) is 31.1 Å². The van der Waals surface area contributed by atoms with Crippen molar-refractivity contribution in [2.24, 2.45) is 12.8 Å². The van der Waals surface area contributed by atoms with Crippen LogP contribution in [-0.4, -0.2) is 51.3 Å². The third-order valence-electron chi connectivity index (χ3n) is 5.41. The second-order valence-electron chi connectivity index (χ2n) is 8.72. The Morgan fingerprint density at radius 1 is 1.08 bits per heavy atom. The fourth-order valence-corrected chi connectivity index (χ4v) is 4.98. The normalized spacial score (nSPS) is 11.3. The van der Waals surface area contributed by atoms with E-state index in [9.17, 15) is 13.8 Å². The summed E-state index contributed by atoms with van der Waals surface area (Å²) in [4.78, 5) is 16.3. The number of amides is 1. The van der Waals surface area contributed by atoms with Gasteiger partial charge in [-0.05, 0) is 50.1 Å². The topological polar surface area (TPSA) is 150 Å². The molecule has 0 atom stereocenters. The Labute approximate surface area is 212 Å². The Kier molecular flexibility index (Phi) is 6.95. The number of nitrogens with two attached hydrogens (primary N) is 1. The number of halogens is 1. The molecule has 13 heteroatoms. The first kappa shape index (κ1) is 25.8. The maximum atomic E-state index is 14.8. The van der Waals surface area contributed by atoms with E-state index in [0.29, 0.717) is 22.5 Å². The molecule has 0 aliphatic rings. The lowest BCUT2D eigenvalue weighted by atomic mass is 10.1. The van der Waals surface area contributed by atoms with E-state index >= 15 is 0 Å². The molecule has 0 fully saturated rings. The zero-order valence-corrected chi connectivity index (χ0v) is 21.8. The second kappa shape index (κ2) is 9.98. The van der Waals surface area contributed by atoms with Crippen LogP contribution in [0.2, 0.25) is 0 Å². The fourth-order valence-electron chi connectivity index (χ4n) is 3.80. The number of pyridine rings is 1. The molecular formula is C24H26FN8O3P. The van der Waals surface area contributed by atoms with Crippen molar-refractivity contribution < 1.29 is 18.5 Å². The number of anilines is 4. The highest BCUT2D eigenvalue weighted by Crippen LogP contribution is 2.41. The molecule has 0 bridgehead atoms. The summed E-state index contributed by atoms with van der Waals surface area (Å²) in [7, 11) is 0.451. The van der Waals surface area contributed by atoms with Crippen LogP contribution in [0.15, 0.2) is 42.6 Å². The van der Waals surface area contributed by atoms with Crippen LogP contribution >= 0.6 is 7.14 Å². The Morgan fingerprint density at radius 2 is 1.84 bits per heavy atom. The van der Waals surface area contributed by atoms with Crippen LogP contribution in [0.5, 0.6) is 5.75 Å². The minimum absolute atomic E-state index is 0.159. The number of primary amides is 1. The lowest BCUT2D eigenvalue weighted by Gasteiger charge is -2.16. The number of aryl methyl sites for hydroxylation is 2. The van der Waals surface area contributed by atoms with Crippen LogP contribution in [-0.2, 0) is 11.6 Å². The molecule has 0 aliphatic carbocycles. The average Bonchev–Trinajstić information content (AvgIpc) is 3.21. The first-order valence-corrected chi connectivity index (χ1v) is 13.7. The van der Waals surface area contributed by atoms with E-state index in [-0.39, 0.29) is 28.6 Å². The van der Waals surface area contributed by atoms with Gasteiger partial charge in [0.1, 0.15) is 18.8 Å². The maximum absolute atomic E-state index is 14.8. The molecule has 0 radical (unpaired) electrons. The highest BCUT2D eigenvalue weighted by atomic mass is 31.2. The van der Waals surface area contributed by atoms with Gasteiger partial charge in [0, 0.05) is 30.9 Å². The third kappa shape index (κ3) is 5.59. The van der Waals surface area contributed by atoms with Crippen molar-refractivity contribution >= 4 is 41.5 Å². The number of hydrogen-bond donors (Lipinski definition) is 3. The Bertz CT molecular complexity index is 1550. The van der Waals surface area contributed by atoms with Crippen molar-refractivity contribution in [3.8, 4) is 17.0 Å². The van der Waals surface area contributed by atoms with Crippen LogP contribution < -0.4 is 26.5 Å². The van der Waals surface area contributed by atoms with Gasteiger partial charge < -0.3 is 25.7 Å². The van der Waals surface area contributed by atoms with Crippen molar-refractivity contribution in [2.45, 2.75) is 6.92 Å². The molecule has 3 heterocycles. The molecule has 3 aromatic heterocycles. The molecule has 4 N–H and O–H groups in total. The highest BCUT2D eigenvalue weighted by Gasteiger charge is 2.23. The Hall–Kier alpha value is -4.31. The molecule has 0 aliphatic heterocycles. The SMILES string of the molecule is COc1c(Nc2cc(Nc3cc(C)ccn3)nnc2C(N)=O)cc(F)cc1-c1cc(P(C)(C)=O)n(C)n1. The standard InChI is InChI=1S/C24H26FN8O3P/c1-13-6-7-27-19(8-13)29-20-11-17(22(24(26)34)31-30-20)28-18-10-14(25)9-15(23(18)36-3)16-12-21(33(2)32-16)37(4,5)35/h6-12H,1-5H3,(H2,26,34)(H2,27,28,29,30). The van der Waals surface area contributed by atoms with Gasteiger partial charge in [0.15, 0.2) is 17.3 Å². The zero-order chi connectivity index (χ0) is 26.9. The summed E-state index contributed by atoms with van der Waals surface area (Å²) in [5, 5.41) is 18.4. The van der Waals surface area contributed by atoms with Crippen LogP contribution in [0, 0.1) is 12.7 Å².